The normalized spacial score (nSPS) is 14.1. The summed E-state index contributed by atoms with van der Waals surface area (Å²) in [6.07, 6.45) is 3.97. The molecule has 0 aliphatic carbocycles. The first-order chi connectivity index (χ1) is 10.1. The molecule has 112 valence electrons. The second-order valence-corrected chi connectivity index (χ2v) is 5.59. The van der Waals surface area contributed by atoms with E-state index in [1.807, 2.05) is 37.4 Å². The molecule has 1 aromatic heterocycles. The van der Waals surface area contributed by atoms with Crippen molar-refractivity contribution in [3.63, 3.8) is 0 Å². The van der Waals surface area contributed by atoms with Gasteiger partial charge in [0.2, 0.25) is 0 Å². The van der Waals surface area contributed by atoms with Crippen LogP contribution >= 0.6 is 11.6 Å². The lowest BCUT2D eigenvalue weighted by Gasteiger charge is -2.29. The number of nitrogens with zero attached hydrogens (tertiary/aromatic N) is 2. The highest BCUT2D eigenvalue weighted by molar-refractivity contribution is 6.31. The van der Waals surface area contributed by atoms with Crippen LogP contribution in [-0.4, -0.2) is 28.6 Å². The zero-order valence-electron chi connectivity index (χ0n) is 12.4. The Morgan fingerprint density at radius 2 is 1.86 bits per heavy atom. The molecule has 0 aliphatic heterocycles. The minimum atomic E-state index is -0.598. The van der Waals surface area contributed by atoms with Gasteiger partial charge < -0.3 is 5.11 Å². The Hall–Kier alpha value is -1.42. The lowest BCUT2D eigenvalue weighted by molar-refractivity contribution is 0.103. The summed E-state index contributed by atoms with van der Waals surface area (Å²) in [5.41, 5.74) is 1.98. The number of aliphatic hydroxyl groups is 1. The monoisotopic (exact) mass is 304 g/mol. The van der Waals surface area contributed by atoms with Gasteiger partial charge in [0.05, 0.1) is 6.10 Å². The maximum atomic E-state index is 10.4. The van der Waals surface area contributed by atoms with Gasteiger partial charge in [0.1, 0.15) is 0 Å². The van der Waals surface area contributed by atoms with Crippen LogP contribution in [0.2, 0.25) is 5.02 Å². The number of rotatable bonds is 6. The zero-order valence-corrected chi connectivity index (χ0v) is 13.2. The molecule has 0 radical (unpaired) electrons. The van der Waals surface area contributed by atoms with Crippen LogP contribution < -0.4 is 0 Å². The Balaban J connectivity index is 2.09. The second kappa shape index (κ2) is 7.55. The van der Waals surface area contributed by atoms with E-state index in [1.54, 1.807) is 18.5 Å². The molecule has 0 saturated heterocycles. The fourth-order valence-electron chi connectivity index (χ4n) is 2.63. The Morgan fingerprint density at radius 1 is 1.19 bits per heavy atom. The summed E-state index contributed by atoms with van der Waals surface area (Å²) in [5.74, 6) is 0. The molecule has 0 fully saturated rings. The van der Waals surface area contributed by atoms with Crippen LogP contribution in [-0.2, 0) is 0 Å². The van der Waals surface area contributed by atoms with E-state index in [1.165, 1.54) is 5.56 Å². The van der Waals surface area contributed by atoms with E-state index in [0.717, 1.165) is 12.0 Å². The van der Waals surface area contributed by atoms with Crippen LogP contribution in [0.4, 0.5) is 0 Å². The van der Waals surface area contributed by atoms with Crippen LogP contribution in [0, 0.1) is 0 Å². The number of hydrogen-bond donors (Lipinski definition) is 1. The SMILES string of the molecule is CCC(c1ccncc1)N(C)CC(O)c1ccccc1Cl. The van der Waals surface area contributed by atoms with Crippen molar-refractivity contribution in [2.24, 2.45) is 0 Å². The maximum Gasteiger partial charge on any atom is 0.0931 e. The van der Waals surface area contributed by atoms with Gasteiger partial charge in [-0.05, 0) is 37.2 Å². The average Bonchev–Trinajstić information content (AvgIpc) is 2.49. The topological polar surface area (TPSA) is 36.4 Å². The van der Waals surface area contributed by atoms with Gasteiger partial charge in [-0.25, -0.2) is 0 Å². The fourth-order valence-corrected chi connectivity index (χ4v) is 2.89. The summed E-state index contributed by atoms with van der Waals surface area (Å²) in [4.78, 5) is 6.21. The molecule has 21 heavy (non-hydrogen) atoms. The lowest BCUT2D eigenvalue weighted by atomic mass is 10.0. The van der Waals surface area contributed by atoms with Crippen LogP contribution in [0.25, 0.3) is 0 Å². The van der Waals surface area contributed by atoms with Crippen LogP contribution in [0.5, 0.6) is 0 Å². The van der Waals surface area contributed by atoms with E-state index in [9.17, 15) is 5.11 Å². The number of aromatic nitrogens is 1. The van der Waals surface area contributed by atoms with Gasteiger partial charge in [0.25, 0.3) is 0 Å². The summed E-state index contributed by atoms with van der Waals surface area (Å²) in [5, 5.41) is 11.0. The van der Waals surface area contributed by atoms with Crippen LogP contribution in [0.1, 0.15) is 36.6 Å². The van der Waals surface area contributed by atoms with Gasteiger partial charge in [0, 0.05) is 35.6 Å². The van der Waals surface area contributed by atoms with Gasteiger partial charge in [-0.3, -0.25) is 9.88 Å². The standard InChI is InChI=1S/C17H21ClN2O/c1-3-16(13-8-10-19-11-9-13)20(2)12-17(21)14-6-4-5-7-15(14)18/h4-11,16-17,21H,3,12H2,1-2H3. The molecule has 0 bridgehead atoms. The lowest BCUT2D eigenvalue weighted by Crippen LogP contribution is -2.29. The third kappa shape index (κ3) is 4.03. The smallest absolute Gasteiger partial charge is 0.0931 e. The predicted octanol–water partition coefficient (Wildman–Crippen LogP) is 3.85. The van der Waals surface area contributed by atoms with Crippen LogP contribution in [0.15, 0.2) is 48.8 Å². The summed E-state index contributed by atoms with van der Waals surface area (Å²) < 4.78 is 0. The summed E-state index contributed by atoms with van der Waals surface area (Å²) in [6, 6.07) is 11.7. The largest absolute Gasteiger partial charge is 0.387 e. The van der Waals surface area contributed by atoms with E-state index in [4.69, 9.17) is 11.6 Å². The number of aliphatic hydroxyl groups excluding tert-OH is 1. The molecule has 2 aromatic rings. The Labute approximate surface area is 131 Å². The number of pyridine rings is 1. The van der Waals surface area contributed by atoms with Crippen molar-refractivity contribution in [3.8, 4) is 0 Å². The maximum absolute atomic E-state index is 10.4. The minimum absolute atomic E-state index is 0.255. The van der Waals surface area contributed by atoms with Crippen LogP contribution in [0.3, 0.4) is 0 Å². The molecule has 0 aliphatic rings. The Morgan fingerprint density at radius 3 is 2.48 bits per heavy atom. The Kier molecular flexibility index (Phi) is 5.74. The molecular weight excluding hydrogens is 284 g/mol. The third-order valence-electron chi connectivity index (χ3n) is 3.73. The molecule has 0 saturated carbocycles. The highest BCUT2D eigenvalue weighted by Gasteiger charge is 2.19. The minimum Gasteiger partial charge on any atom is -0.387 e. The first kappa shape index (κ1) is 16.0. The second-order valence-electron chi connectivity index (χ2n) is 5.18. The van der Waals surface area contributed by atoms with E-state index in [2.05, 4.69) is 16.8 Å². The van der Waals surface area contributed by atoms with Gasteiger partial charge in [-0.2, -0.15) is 0 Å². The molecule has 1 N–H and O–H groups in total. The van der Waals surface area contributed by atoms with Crippen molar-refractivity contribution in [1.29, 1.82) is 0 Å². The molecule has 2 unspecified atom stereocenters. The zero-order chi connectivity index (χ0) is 15.2. The van der Waals surface area contributed by atoms with Crippen molar-refractivity contribution < 1.29 is 5.11 Å². The van der Waals surface area contributed by atoms with Crippen molar-refractivity contribution in [2.75, 3.05) is 13.6 Å². The van der Waals surface area contributed by atoms with E-state index >= 15 is 0 Å². The van der Waals surface area contributed by atoms with Crippen molar-refractivity contribution in [1.82, 2.24) is 9.88 Å². The molecule has 2 atom stereocenters. The first-order valence-electron chi connectivity index (χ1n) is 7.16. The highest BCUT2D eigenvalue weighted by atomic mass is 35.5. The molecule has 3 nitrogen and oxygen atoms in total. The molecule has 1 aromatic carbocycles. The fraction of sp³-hybridized carbons (Fsp3) is 0.353. The number of likely N-dealkylation sites (N-methyl/N-ethyl adjacent to an activating group) is 1. The molecular formula is C17H21ClN2O. The summed E-state index contributed by atoms with van der Waals surface area (Å²) in [6.45, 7) is 2.67. The third-order valence-corrected chi connectivity index (χ3v) is 4.08. The predicted molar refractivity (Wildman–Crippen MR) is 86.3 cm³/mol. The molecule has 2 rings (SSSR count). The van der Waals surface area contributed by atoms with Crippen molar-refractivity contribution in [2.45, 2.75) is 25.5 Å². The summed E-state index contributed by atoms with van der Waals surface area (Å²) in [7, 11) is 2.02. The van der Waals surface area contributed by atoms with E-state index in [-0.39, 0.29) is 6.04 Å². The number of benzene rings is 1. The molecule has 4 heteroatoms. The first-order valence-corrected chi connectivity index (χ1v) is 7.54. The number of hydrogen-bond acceptors (Lipinski definition) is 3. The van der Waals surface area contributed by atoms with E-state index in [0.29, 0.717) is 11.6 Å². The highest BCUT2D eigenvalue weighted by Crippen LogP contribution is 2.27. The molecule has 0 amide bonds. The van der Waals surface area contributed by atoms with Gasteiger partial charge in [-0.15, -0.1) is 0 Å². The summed E-state index contributed by atoms with van der Waals surface area (Å²) >= 11 is 6.15. The molecule has 0 spiro atoms. The quantitative estimate of drug-likeness (QED) is 0.880. The van der Waals surface area contributed by atoms with Crippen molar-refractivity contribution >= 4 is 11.6 Å². The van der Waals surface area contributed by atoms with Gasteiger partial charge in [-0.1, -0.05) is 36.7 Å². The average molecular weight is 305 g/mol. The van der Waals surface area contributed by atoms with Crippen molar-refractivity contribution in [3.05, 3.63) is 64.9 Å². The number of halogens is 1. The van der Waals surface area contributed by atoms with E-state index < -0.39 is 6.10 Å². The van der Waals surface area contributed by atoms with Gasteiger partial charge in [0.15, 0.2) is 0 Å². The molecule has 1 heterocycles. The Bertz CT molecular complexity index is 562. The van der Waals surface area contributed by atoms with Gasteiger partial charge >= 0.3 is 0 Å².